The number of aliphatic hydroxyl groups is 1. The number of carbonyl (C=O) groups excluding carboxylic acids is 3. The third-order valence-electron chi connectivity index (χ3n) is 9.62. The highest BCUT2D eigenvalue weighted by atomic mass is 16.5. The van der Waals surface area contributed by atoms with Crippen molar-refractivity contribution in [1.29, 1.82) is 0 Å². The molecule has 4 aromatic rings. The van der Waals surface area contributed by atoms with Crippen LogP contribution in [0, 0.1) is 39.5 Å². The standard InChI is InChI=1S/C42H48N2O5/c1-25-9-11-27(3)33(21-25)43-39(46)37-35(45)23-42(8,48)38(40(47)44-34-22-26(2)10-12-28(34)4)36(37)30-15-19-32(20-16-30)49-24-29-13-17-31(18-14-29)41(5,6)7/h9-22,36-38,48H,23-24H2,1-8H3,(H,43,46)(H,44,47). The van der Waals surface area contributed by atoms with Gasteiger partial charge in [-0.3, -0.25) is 14.4 Å². The number of hydrogen-bond acceptors (Lipinski definition) is 5. The van der Waals surface area contributed by atoms with E-state index in [-0.39, 0.29) is 11.8 Å². The zero-order chi connectivity index (χ0) is 35.7. The molecule has 1 fully saturated rings. The van der Waals surface area contributed by atoms with Crippen LogP contribution >= 0.6 is 0 Å². The molecular formula is C42H48N2O5. The Labute approximate surface area is 290 Å². The van der Waals surface area contributed by atoms with Gasteiger partial charge in [0.1, 0.15) is 24.1 Å². The number of nitrogens with one attached hydrogen (secondary N) is 2. The molecule has 5 rings (SSSR count). The van der Waals surface area contributed by atoms with Crippen LogP contribution in [0.5, 0.6) is 5.75 Å². The average Bonchev–Trinajstić information content (AvgIpc) is 3.02. The highest BCUT2D eigenvalue weighted by molar-refractivity contribution is 6.10. The zero-order valence-electron chi connectivity index (χ0n) is 29.8. The molecule has 0 bridgehead atoms. The molecule has 256 valence electrons. The van der Waals surface area contributed by atoms with Crippen molar-refractivity contribution in [3.05, 3.63) is 124 Å². The van der Waals surface area contributed by atoms with Crippen LogP contribution in [-0.2, 0) is 26.4 Å². The van der Waals surface area contributed by atoms with Crippen LogP contribution < -0.4 is 15.4 Å². The minimum absolute atomic E-state index is 0.0572. The lowest BCUT2D eigenvalue weighted by molar-refractivity contribution is -0.150. The van der Waals surface area contributed by atoms with E-state index in [1.54, 1.807) is 24.3 Å². The Morgan fingerprint density at radius 2 is 1.33 bits per heavy atom. The Kier molecular flexibility index (Phi) is 10.2. The van der Waals surface area contributed by atoms with E-state index in [4.69, 9.17) is 4.74 Å². The molecule has 4 unspecified atom stereocenters. The van der Waals surface area contributed by atoms with Crippen LogP contribution in [-0.4, -0.2) is 28.3 Å². The van der Waals surface area contributed by atoms with Crippen LogP contribution in [0.2, 0.25) is 0 Å². The molecule has 4 atom stereocenters. The van der Waals surface area contributed by atoms with Crippen molar-refractivity contribution in [1.82, 2.24) is 0 Å². The third kappa shape index (κ3) is 8.11. The number of aryl methyl sites for hydroxylation is 4. The van der Waals surface area contributed by atoms with Gasteiger partial charge >= 0.3 is 0 Å². The number of ether oxygens (including phenoxy) is 1. The van der Waals surface area contributed by atoms with Crippen molar-refractivity contribution in [3.8, 4) is 5.75 Å². The average molecular weight is 661 g/mol. The largest absolute Gasteiger partial charge is 0.489 e. The summed E-state index contributed by atoms with van der Waals surface area (Å²) >= 11 is 0. The fourth-order valence-electron chi connectivity index (χ4n) is 6.71. The first-order valence-corrected chi connectivity index (χ1v) is 16.9. The van der Waals surface area contributed by atoms with Crippen molar-refractivity contribution < 1.29 is 24.2 Å². The monoisotopic (exact) mass is 660 g/mol. The first-order valence-electron chi connectivity index (χ1n) is 16.9. The Morgan fingerprint density at radius 3 is 1.86 bits per heavy atom. The van der Waals surface area contributed by atoms with Gasteiger partial charge in [-0.1, -0.05) is 81.4 Å². The van der Waals surface area contributed by atoms with Gasteiger partial charge in [0, 0.05) is 23.7 Å². The summed E-state index contributed by atoms with van der Waals surface area (Å²) in [5.74, 6) is -4.08. The molecule has 0 aliphatic heterocycles. The summed E-state index contributed by atoms with van der Waals surface area (Å²) < 4.78 is 6.10. The first kappa shape index (κ1) is 35.6. The summed E-state index contributed by atoms with van der Waals surface area (Å²) in [6.45, 7) is 16.0. The quantitative estimate of drug-likeness (QED) is 0.166. The fourth-order valence-corrected chi connectivity index (χ4v) is 6.71. The summed E-state index contributed by atoms with van der Waals surface area (Å²) in [7, 11) is 0. The minimum Gasteiger partial charge on any atom is -0.489 e. The predicted octanol–water partition coefficient (Wildman–Crippen LogP) is 8.11. The second-order valence-electron chi connectivity index (χ2n) is 14.9. The summed E-state index contributed by atoms with van der Waals surface area (Å²) in [6.07, 6.45) is -0.339. The molecule has 1 aliphatic rings. The van der Waals surface area contributed by atoms with E-state index in [0.29, 0.717) is 29.3 Å². The molecule has 1 aliphatic carbocycles. The molecule has 1 saturated carbocycles. The lowest BCUT2D eigenvalue weighted by Gasteiger charge is -2.44. The lowest BCUT2D eigenvalue weighted by atomic mass is 9.61. The first-order chi connectivity index (χ1) is 23.0. The van der Waals surface area contributed by atoms with Crippen molar-refractivity contribution in [2.24, 2.45) is 11.8 Å². The number of anilines is 2. The van der Waals surface area contributed by atoms with Gasteiger partial charge in [-0.2, -0.15) is 0 Å². The van der Waals surface area contributed by atoms with E-state index in [1.165, 1.54) is 12.5 Å². The summed E-state index contributed by atoms with van der Waals surface area (Å²) in [5, 5.41) is 17.8. The van der Waals surface area contributed by atoms with Gasteiger partial charge in [0.05, 0.1) is 11.5 Å². The SMILES string of the molecule is Cc1ccc(C)c(NC(=O)C2C(=O)CC(C)(O)C(C(=O)Nc3cc(C)ccc3C)C2c2ccc(OCc3ccc(C(C)(C)C)cc3)cc2)c1. The van der Waals surface area contributed by atoms with Crippen LogP contribution in [0.4, 0.5) is 11.4 Å². The molecule has 49 heavy (non-hydrogen) atoms. The lowest BCUT2D eigenvalue weighted by Crippen LogP contribution is -2.56. The van der Waals surface area contributed by atoms with Crippen LogP contribution in [0.3, 0.4) is 0 Å². The number of ketones is 1. The summed E-state index contributed by atoms with van der Waals surface area (Å²) in [6, 6.07) is 27.0. The number of rotatable bonds is 8. The van der Waals surface area contributed by atoms with Crippen molar-refractivity contribution >= 4 is 29.0 Å². The van der Waals surface area contributed by atoms with E-state index in [9.17, 15) is 19.5 Å². The molecule has 0 saturated heterocycles. The predicted molar refractivity (Wildman–Crippen MR) is 195 cm³/mol. The Hall–Kier alpha value is -4.75. The van der Waals surface area contributed by atoms with Gasteiger partial charge in [0.25, 0.3) is 0 Å². The highest BCUT2D eigenvalue weighted by Gasteiger charge is 2.56. The minimum atomic E-state index is -1.71. The molecule has 0 radical (unpaired) electrons. The maximum Gasteiger partial charge on any atom is 0.235 e. The van der Waals surface area contributed by atoms with Gasteiger partial charge in [-0.05, 0) is 103 Å². The zero-order valence-corrected chi connectivity index (χ0v) is 29.8. The molecule has 0 heterocycles. The topological polar surface area (TPSA) is 105 Å². The normalized spacial score (nSPS) is 20.8. The molecule has 3 N–H and O–H groups in total. The Bertz CT molecular complexity index is 1850. The molecule has 7 heteroatoms. The molecule has 0 aromatic heterocycles. The van der Waals surface area contributed by atoms with E-state index in [2.05, 4.69) is 55.7 Å². The Morgan fingerprint density at radius 1 is 0.796 bits per heavy atom. The van der Waals surface area contributed by atoms with Gasteiger partial charge in [0.15, 0.2) is 0 Å². The van der Waals surface area contributed by atoms with Crippen molar-refractivity contribution in [2.45, 2.75) is 85.4 Å². The summed E-state index contributed by atoms with van der Waals surface area (Å²) in [5.41, 5.74) is 6.05. The van der Waals surface area contributed by atoms with E-state index >= 15 is 0 Å². The van der Waals surface area contributed by atoms with Gasteiger partial charge < -0.3 is 20.5 Å². The summed E-state index contributed by atoms with van der Waals surface area (Å²) in [4.78, 5) is 42.2. The number of benzene rings is 4. The smallest absolute Gasteiger partial charge is 0.235 e. The van der Waals surface area contributed by atoms with E-state index < -0.39 is 41.0 Å². The second-order valence-corrected chi connectivity index (χ2v) is 14.9. The third-order valence-corrected chi connectivity index (χ3v) is 9.62. The maximum absolute atomic E-state index is 14.2. The van der Waals surface area contributed by atoms with Gasteiger partial charge in [-0.15, -0.1) is 0 Å². The number of hydrogen-bond donors (Lipinski definition) is 3. The van der Waals surface area contributed by atoms with Crippen LogP contribution in [0.15, 0.2) is 84.9 Å². The van der Waals surface area contributed by atoms with Crippen molar-refractivity contribution in [3.63, 3.8) is 0 Å². The van der Waals surface area contributed by atoms with Gasteiger partial charge in [-0.25, -0.2) is 0 Å². The van der Waals surface area contributed by atoms with E-state index in [1.807, 2.05) is 64.1 Å². The molecule has 2 amide bonds. The molecular weight excluding hydrogens is 612 g/mol. The van der Waals surface area contributed by atoms with Gasteiger partial charge in [0.2, 0.25) is 11.8 Å². The van der Waals surface area contributed by atoms with Crippen LogP contribution in [0.25, 0.3) is 0 Å². The number of carbonyl (C=O) groups is 3. The highest BCUT2D eigenvalue weighted by Crippen LogP contribution is 2.47. The number of Topliss-reactive ketones (excluding diaryl/α,β-unsaturated/α-hetero) is 1. The Balaban J connectivity index is 1.49. The molecule has 4 aromatic carbocycles. The second kappa shape index (κ2) is 14.0. The van der Waals surface area contributed by atoms with Crippen molar-refractivity contribution in [2.75, 3.05) is 10.6 Å². The fraction of sp³-hybridized carbons (Fsp3) is 0.357. The maximum atomic E-state index is 14.2. The molecule has 7 nitrogen and oxygen atoms in total. The van der Waals surface area contributed by atoms with E-state index in [0.717, 1.165) is 27.8 Å². The van der Waals surface area contributed by atoms with Crippen LogP contribution in [0.1, 0.15) is 79.0 Å². The number of amides is 2. The molecule has 0 spiro atoms.